The van der Waals surface area contributed by atoms with Gasteiger partial charge in [0.2, 0.25) is 5.52 Å². The number of hydrogen-bond acceptors (Lipinski definition) is 5. The van der Waals surface area contributed by atoms with Crippen molar-refractivity contribution in [3.8, 4) is 6.07 Å². The van der Waals surface area contributed by atoms with Gasteiger partial charge in [0.05, 0.1) is 11.6 Å². The average Bonchev–Trinajstić information content (AvgIpc) is 2.93. The first kappa shape index (κ1) is 25.1. The van der Waals surface area contributed by atoms with Gasteiger partial charge in [-0.25, -0.2) is 8.78 Å². The summed E-state index contributed by atoms with van der Waals surface area (Å²) in [4.78, 5) is 25.2. The normalized spacial score (nSPS) is 16.0. The van der Waals surface area contributed by atoms with E-state index < -0.39 is 5.56 Å². The summed E-state index contributed by atoms with van der Waals surface area (Å²) >= 11 is 0. The first-order valence-corrected chi connectivity index (χ1v) is 12.1. The van der Waals surface area contributed by atoms with Gasteiger partial charge in [0.25, 0.3) is 11.4 Å². The summed E-state index contributed by atoms with van der Waals surface area (Å²) in [5.74, 6) is -0.490. The highest BCUT2D eigenvalue weighted by atomic mass is 19.1. The van der Waals surface area contributed by atoms with Crippen LogP contribution in [-0.4, -0.2) is 40.1 Å². The van der Waals surface area contributed by atoms with Crippen LogP contribution in [0.5, 0.6) is 0 Å². The third kappa shape index (κ3) is 4.38. The van der Waals surface area contributed by atoms with Crippen molar-refractivity contribution in [1.82, 2.24) is 14.5 Å². The topological polar surface area (TPSA) is 69.5 Å². The lowest BCUT2D eigenvalue weighted by molar-refractivity contribution is 0.150. The fourth-order valence-corrected chi connectivity index (χ4v) is 5.28. The summed E-state index contributed by atoms with van der Waals surface area (Å²) < 4.78 is 28.8. The van der Waals surface area contributed by atoms with Gasteiger partial charge in [-0.3, -0.25) is 9.69 Å². The van der Waals surface area contributed by atoms with Gasteiger partial charge < -0.3 is 14.3 Å². The number of benzene rings is 2. The highest BCUT2D eigenvalue weighted by Crippen LogP contribution is 2.35. The highest BCUT2D eigenvalue weighted by Gasteiger charge is 2.34. The molecule has 1 saturated heterocycles. The van der Waals surface area contributed by atoms with Crippen LogP contribution in [0, 0.1) is 29.5 Å². The van der Waals surface area contributed by atoms with E-state index in [0.29, 0.717) is 36.4 Å². The number of fused-ring (bicyclic) bond motifs is 1. The Morgan fingerprint density at radius 3 is 2.16 bits per heavy atom. The number of nitrogens with zero attached hydrogens (tertiary/aromatic N) is 6. The summed E-state index contributed by atoms with van der Waals surface area (Å²) in [5, 5.41) is 9.94. The molecule has 2 aromatic carbocycles. The van der Waals surface area contributed by atoms with E-state index in [0.717, 1.165) is 11.1 Å². The molecule has 0 bridgehead atoms. The van der Waals surface area contributed by atoms with Crippen LogP contribution >= 0.6 is 0 Å². The molecule has 1 aliphatic heterocycles. The number of aryl methyl sites for hydroxylation is 1. The van der Waals surface area contributed by atoms with Gasteiger partial charge in [-0.05, 0) is 54.4 Å². The maximum atomic E-state index is 13.7. The number of piperazine rings is 1. The SMILES string of the molecule is [C-]#[N+]c1ccc2c(n1)c(N1CCN(C(c3ccc(F)cc3)c3ccc(F)cc3)[C@@H](C)C1)c(C#N)c(=O)n2C. The Bertz CT molecular complexity index is 1610. The number of anilines is 1. The van der Waals surface area contributed by atoms with Crippen molar-refractivity contribution < 1.29 is 8.78 Å². The van der Waals surface area contributed by atoms with E-state index in [1.54, 1.807) is 43.4 Å². The van der Waals surface area contributed by atoms with Gasteiger partial charge in [-0.2, -0.15) is 5.26 Å². The van der Waals surface area contributed by atoms with E-state index in [4.69, 9.17) is 6.57 Å². The van der Waals surface area contributed by atoms with Crippen LogP contribution in [0.1, 0.15) is 29.7 Å². The zero-order valence-corrected chi connectivity index (χ0v) is 20.9. The van der Waals surface area contributed by atoms with Crippen LogP contribution < -0.4 is 10.5 Å². The van der Waals surface area contributed by atoms with Crippen molar-refractivity contribution in [2.24, 2.45) is 7.05 Å². The molecular formula is C29H24F2N6O. The number of rotatable bonds is 4. The number of hydrogen-bond donors (Lipinski definition) is 0. The van der Waals surface area contributed by atoms with E-state index in [1.165, 1.54) is 28.8 Å². The van der Waals surface area contributed by atoms with Gasteiger partial charge in [-0.15, -0.1) is 4.98 Å². The van der Waals surface area contributed by atoms with Crippen molar-refractivity contribution in [2.75, 3.05) is 24.5 Å². The molecule has 2 aromatic heterocycles. The number of aromatic nitrogens is 2. The van der Waals surface area contributed by atoms with Crippen molar-refractivity contribution >= 4 is 22.5 Å². The summed E-state index contributed by atoms with van der Waals surface area (Å²) in [6.07, 6.45) is 0. The Kier molecular flexibility index (Phi) is 6.62. The second-order valence-electron chi connectivity index (χ2n) is 9.39. The Morgan fingerprint density at radius 1 is 1.03 bits per heavy atom. The van der Waals surface area contributed by atoms with E-state index in [-0.39, 0.29) is 35.1 Å². The number of pyridine rings is 2. The predicted octanol–water partition coefficient (Wildman–Crippen LogP) is 4.93. The molecule has 1 aliphatic rings. The minimum Gasteiger partial charge on any atom is -0.364 e. The Morgan fingerprint density at radius 2 is 1.63 bits per heavy atom. The summed E-state index contributed by atoms with van der Waals surface area (Å²) in [5.41, 5.74) is 2.73. The first-order chi connectivity index (χ1) is 18.3. The van der Waals surface area contributed by atoms with Crippen molar-refractivity contribution in [1.29, 1.82) is 5.26 Å². The molecule has 0 amide bonds. The molecule has 0 saturated carbocycles. The molecule has 0 unspecified atom stereocenters. The molecule has 1 atom stereocenters. The van der Waals surface area contributed by atoms with E-state index in [9.17, 15) is 18.8 Å². The van der Waals surface area contributed by atoms with Crippen molar-refractivity contribution in [3.63, 3.8) is 0 Å². The Hall–Kier alpha value is -4.60. The molecule has 38 heavy (non-hydrogen) atoms. The highest BCUT2D eigenvalue weighted by molar-refractivity contribution is 5.92. The van der Waals surface area contributed by atoms with Crippen LogP contribution in [0.15, 0.2) is 65.5 Å². The number of halogens is 2. The van der Waals surface area contributed by atoms with E-state index in [2.05, 4.69) is 20.8 Å². The fraction of sp³-hybridized carbons (Fsp3) is 0.241. The summed E-state index contributed by atoms with van der Waals surface area (Å²) in [6.45, 7) is 10.9. The Balaban J connectivity index is 1.56. The van der Waals surface area contributed by atoms with Crippen LogP contribution in [0.4, 0.5) is 20.3 Å². The van der Waals surface area contributed by atoms with E-state index >= 15 is 0 Å². The largest absolute Gasteiger partial charge is 0.364 e. The zero-order valence-electron chi connectivity index (χ0n) is 20.9. The van der Waals surface area contributed by atoms with Gasteiger partial charge >= 0.3 is 0 Å². The Labute approximate surface area is 218 Å². The molecule has 190 valence electrons. The predicted molar refractivity (Wildman–Crippen MR) is 141 cm³/mol. The molecule has 4 aromatic rings. The minimum atomic E-state index is -0.419. The molecular weight excluding hydrogens is 486 g/mol. The summed E-state index contributed by atoms with van der Waals surface area (Å²) in [7, 11) is 1.59. The number of nitriles is 1. The standard InChI is InChI=1S/C29H24F2N6O/c1-18-17-36(28-23(16-32)29(38)35(3)24-12-13-25(33-2)34-26(24)28)14-15-37(18)27(19-4-8-21(30)9-5-19)20-6-10-22(31)11-7-20/h4-13,18,27H,14-15,17H2,1,3H3/t18-/m0/s1. The van der Waals surface area contributed by atoms with Crippen molar-refractivity contribution in [2.45, 2.75) is 19.0 Å². The molecule has 1 fully saturated rings. The van der Waals surface area contributed by atoms with Gasteiger partial charge in [0.15, 0.2) is 0 Å². The maximum absolute atomic E-state index is 13.7. The van der Waals surface area contributed by atoms with Gasteiger partial charge in [0, 0.05) is 32.7 Å². The molecule has 0 N–H and O–H groups in total. The second-order valence-corrected chi connectivity index (χ2v) is 9.39. The average molecular weight is 511 g/mol. The lowest BCUT2D eigenvalue weighted by Crippen LogP contribution is -2.53. The van der Waals surface area contributed by atoms with Crippen LogP contribution in [-0.2, 0) is 7.05 Å². The van der Waals surface area contributed by atoms with Crippen molar-refractivity contribution in [3.05, 3.63) is 111 Å². The molecule has 7 nitrogen and oxygen atoms in total. The lowest BCUT2D eigenvalue weighted by Gasteiger charge is -2.45. The molecule has 0 aliphatic carbocycles. The molecule has 0 radical (unpaired) electrons. The molecule has 0 spiro atoms. The minimum absolute atomic E-state index is 0.0103. The van der Waals surface area contributed by atoms with Gasteiger partial charge in [-0.1, -0.05) is 30.8 Å². The molecule has 3 heterocycles. The third-order valence-corrected chi connectivity index (χ3v) is 7.12. The lowest BCUT2D eigenvalue weighted by atomic mass is 9.94. The fourth-order valence-electron chi connectivity index (χ4n) is 5.28. The van der Waals surface area contributed by atoms with Crippen LogP contribution in [0.2, 0.25) is 0 Å². The first-order valence-electron chi connectivity index (χ1n) is 12.1. The molecule has 5 rings (SSSR count). The molecule has 9 heteroatoms. The quantitative estimate of drug-likeness (QED) is 0.364. The monoisotopic (exact) mass is 510 g/mol. The smallest absolute Gasteiger partial charge is 0.271 e. The van der Waals surface area contributed by atoms with E-state index in [1.807, 2.05) is 11.8 Å². The van der Waals surface area contributed by atoms with Crippen LogP contribution in [0.3, 0.4) is 0 Å². The summed E-state index contributed by atoms with van der Waals surface area (Å²) in [6, 6.07) is 17.6. The zero-order chi connectivity index (χ0) is 27.0. The van der Waals surface area contributed by atoms with Crippen LogP contribution in [0.25, 0.3) is 15.9 Å². The maximum Gasteiger partial charge on any atom is 0.271 e. The second kappa shape index (κ2) is 10.0. The third-order valence-electron chi connectivity index (χ3n) is 7.12. The van der Waals surface area contributed by atoms with Gasteiger partial charge in [0.1, 0.15) is 29.0 Å².